The fourth-order valence-corrected chi connectivity index (χ4v) is 3.39. The third kappa shape index (κ3) is 4.91. The number of alkyl halides is 3. The zero-order valence-electron chi connectivity index (χ0n) is 11.9. The summed E-state index contributed by atoms with van der Waals surface area (Å²) in [6, 6.07) is 6.24. The highest BCUT2D eigenvalue weighted by atomic mass is 32.2. The van der Waals surface area contributed by atoms with Crippen LogP contribution in [0.1, 0.15) is 24.8 Å². The number of amides is 1. The van der Waals surface area contributed by atoms with Crippen molar-refractivity contribution < 1.29 is 23.1 Å². The predicted octanol–water partition coefficient (Wildman–Crippen LogP) is 3.38. The molecule has 1 aromatic rings. The minimum Gasteiger partial charge on any atom is -0.380 e. The van der Waals surface area contributed by atoms with Gasteiger partial charge in [-0.15, -0.1) is 0 Å². The second-order valence-electron chi connectivity index (χ2n) is 5.41. The van der Waals surface area contributed by atoms with Gasteiger partial charge < -0.3 is 10.4 Å². The van der Waals surface area contributed by atoms with E-state index in [9.17, 15) is 23.1 Å². The number of nitrogens with one attached hydrogen (secondary N) is 1. The second-order valence-corrected chi connectivity index (χ2v) is 6.63. The Morgan fingerprint density at radius 3 is 2.36 bits per heavy atom. The first kappa shape index (κ1) is 17.1. The molecule has 2 N–H and O–H groups in total. The van der Waals surface area contributed by atoms with E-state index in [-0.39, 0.29) is 6.42 Å². The first-order valence-corrected chi connectivity index (χ1v) is 8.21. The van der Waals surface area contributed by atoms with E-state index < -0.39 is 24.1 Å². The highest BCUT2D eigenvalue weighted by Gasteiger charge is 2.37. The van der Waals surface area contributed by atoms with Gasteiger partial charge in [-0.05, 0) is 48.5 Å². The zero-order chi connectivity index (χ0) is 16.2. The lowest BCUT2D eigenvalue weighted by Gasteiger charge is -2.30. The van der Waals surface area contributed by atoms with Crippen LogP contribution in [-0.4, -0.2) is 34.3 Å². The molecule has 1 aromatic carbocycles. The van der Waals surface area contributed by atoms with Crippen molar-refractivity contribution in [3.8, 4) is 0 Å². The third-order valence-corrected chi connectivity index (χ3v) is 4.64. The van der Waals surface area contributed by atoms with E-state index in [0.29, 0.717) is 24.1 Å². The Balaban J connectivity index is 1.92. The number of thioether (sulfide) groups is 1. The molecule has 22 heavy (non-hydrogen) atoms. The molecule has 1 amide bonds. The standard InChI is InChI=1S/C15H18F3NO2S/c16-15(17,18)6-5-11-1-3-12(4-2-11)19-13(20)14(21)7-9-22-10-8-14/h1-4,21H,5-10H2,(H,19,20). The van der Waals surface area contributed by atoms with Crippen LogP contribution in [0.15, 0.2) is 24.3 Å². The average Bonchev–Trinajstić information content (AvgIpc) is 2.46. The number of carbonyl (C=O) groups is 1. The second kappa shape index (κ2) is 6.91. The van der Waals surface area contributed by atoms with Crippen LogP contribution in [0.4, 0.5) is 18.9 Å². The topological polar surface area (TPSA) is 49.3 Å². The number of hydrogen-bond donors (Lipinski definition) is 2. The lowest BCUT2D eigenvalue weighted by molar-refractivity contribution is -0.135. The Bertz CT molecular complexity index is 511. The maximum Gasteiger partial charge on any atom is 0.389 e. The summed E-state index contributed by atoms with van der Waals surface area (Å²) < 4.78 is 36.5. The third-order valence-electron chi connectivity index (χ3n) is 3.65. The van der Waals surface area contributed by atoms with Crippen LogP contribution in [0.5, 0.6) is 0 Å². The number of aryl methyl sites for hydroxylation is 1. The molecule has 0 spiro atoms. The molecule has 0 aliphatic carbocycles. The van der Waals surface area contributed by atoms with Crippen LogP contribution in [0.25, 0.3) is 0 Å². The van der Waals surface area contributed by atoms with Crippen LogP contribution in [0.2, 0.25) is 0 Å². The summed E-state index contributed by atoms with van der Waals surface area (Å²) in [7, 11) is 0. The number of benzene rings is 1. The monoisotopic (exact) mass is 333 g/mol. The Morgan fingerprint density at radius 2 is 1.82 bits per heavy atom. The molecule has 0 saturated carbocycles. The fraction of sp³-hybridized carbons (Fsp3) is 0.533. The maximum absolute atomic E-state index is 12.2. The molecule has 1 fully saturated rings. The normalized spacial score (nSPS) is 18.0. The van der Waals surface area contributed by atoms with Gasteiger partial charge in [0.1, 0.15) is 5.60 Å². The zero-order valence-corrected chi connectivity index (χ0v) is 12.8. The highest BCUT2D eigenvalue weighted by Crippen LogP contribution is 2.28. The van der Waals surface area contributed by atoms with Crippen molar-refractivity contribution in [2.24, 2.45) is 0 Å². The van der Waals surface area contributed by atoms with E-state index in [1.807, 2.05) is 0 Å². The van der Waals surface area contributed by atoms with Crippen molar-refractivity contribution in [3.63, 3.8) is 0 Å². The van der Waals surface area contributed by atoms with Gasteiger partial charge in [0.2, 0.25) is 0 Å². The van der Waals surface area contributed by atoms with Gasteiger partial charge in [0.15, 0.2) is 0 Å². The van der Waals surface area contributed by atoms with E-state index in [4.69, 9.17) is 0 Å². The molecule has 1 aliphatic heterocycles. The van der Waals surface area contributed by atoms with Crippen molar-refractivity contribution in [1.29, 1.82) is 0 Å². The Morgan fingerprint density at radius 1 is 1.23 bits per heavy atom. The van der Waals surface area contributed by atoms with Gasteiger partial charge in [-0.2, -0.15) is 24.9 Å². The molecule has 2 rings (SSSR count). The molecular weight excluding hydrogens is 315 g/mol. The van der Waals surface area contributed by atoms with Gasteiger partial charge in [-0.1, -0.05) is 12.1 Å². The van der Waals surface area contributed by atoms with Crippen LogP contribution in [-0.2, 0) is 11.2 Å². The van der Waals surface area contributed by atoms with Crippen molar-refractivity contribution in [3.05, 3.63) is 29.8 Å². The smallest absolute Gasteiger partial charge is 0.380 e. The number of rotatable bonds is 4. The van der Waals surface area contributed by atoms with Gasteiger partial charge in [-0.3, -0.25) is 4.79 Å². The molecule has 0 radical (unpaired) electrons. The summed E-state index contributed by atoms with van der Waals surface area (Å²) in [5.41, 5.74) is -0.310. The highest BCUT2D eigenvalue weighted by molar-refractivity contribution is 7.99. The average molecular weight is 333 g/mol. The SMILES string of the molecule is O=C(Nc1ccc(CCC(F)(F)F)cc1)C1(O)CCSCC1. The van der Waals surface area contributed by atoms with E-state index >= 15 is 0 Å². The number of aliphatic hydroxyl groups is 1. The van der Waals surface area contributed by atoms with E-state index in [2.05, 4.69) is 5.32 Å². The summed E-state index contributed by atoms with van der Waals surface area (Å²) in [4.78, 5) is 12.1. The number of hydrogen-bond acceptors (Lipinski definition) is 3. The van der Waals surface area contributed by atoms with Gasteiger partial charge in [0, 0.05) is 12.1 Å². The van der Waals surface area contributed by atoms with Crippen molar-refractivity contribution in [2.45, 2.75) is 37.5 Å². The summed E-state index contributed by atoms with van der Waals surface area (Å²) in [5.74, 6) is 1.02. The largest absolute Gasteiger partial charge is 0.389 e. The first-order chi connectivity index (χ1) is 10.3. The van der Waals surface area contributed by atoms with E-state index in [0.717, 1.165) is 11.5 Å². The predicted molar refractivity (Wildman–Crippen MR) is 81.0 cm³/mol. The molecule has 0 bridgehead atoms. The van der Waals surface area contributed by atoms with Crippen LogP contribution in [0, 0.1) is 0 Å². The first-order valence-electron chi connectivity index (χ1n) is 7.06. The Labute approximate surface area is 131 Å². The lowest BCUT2D eigenvalue weighted by Crippen LogP contribution is -2.45. The summed E-state index contributed by atoms with van der Waals surface area (Å²) in [5, 5.41) is 12.9. The number of anilines is 1. The molecule has 0 unspecified atom stereocenters. The Kier molecular flexibility index (Phi) is 5.39. The quantitative estimate of drug-likeness (QED) is 0.888. The van der Waals surface area contributed by atoms with Crippen molar-refractivity contribution >= 4 is 23.4 Å². The van der Waals surface area contributed by atoms with Crippen molar-refractivity contribution in [2.75, 3.05) is 16.8 Å². The van der Waals surface area contributed by atoms with Crippen LogP contribution in [0.3, 0.4) is 0 Å². The molecule has 0 atom stereocenters. The molecule has 1 saturated heterocycles. The summed E-state index contributed by atoms with van der Waals surface area (Å²) >= 11 is 1.70. The van der Waals surface area contributed by atoms with Crippen LogP contribution < -0.4 is 5.32 Å². The Hall–Kier alpha value is -1.21. The van der Waals surface area contributed by atoms with Crippen molar-refractivity contribution in [1.82, 2.24) is 0 Å². The molecule has 1 heterocycles. The van der Waals surface area contributed by atoms with E-state index in [1.54, 1.807) is 36.0 Å². The van der Waals surface area contributed by atoms with E-state index in [1.165, 1.54) is 0 Å². The minimum atomic E-state index is -4.17. The number of carbonyl (C=O) groups excluding carboxylic acids is 1. The molecular formula is C15H18F3NO2S. The lowest BCUT2D eigenvalue weighted by atomic mass is 9.95. The summed E-state index contributed by atoms with van der Waals surface area (Å²) in [6.07, 6.45) is -4.30. The molecule has 1 aliphatic rings. The fourth-order valence-electron chi connectivity index (χ4n) is 2.22. The van der Waals surface area contributed by atoms with Gasteiger partial charge in [0.25, 0.3) is 5.91 Å². The number of halogens is 3. The molecule has 0 aromatic heterocycles. The molecule has 3 nitrogen and oxygen atoms in total. The van der Waals surface area contributed by atoms with Gasteiger partial charge in [0.05, 0.1) is 0 Å². The summed E-state index contributed by atoms with van der Waals surface area (Å²) in [6.45, 7) is 0. The molecule has 122 valence electrons. The van der Waals surface area contributed by atoms with Crippen LogP contribution >= 0.6 is 11.8 Å². The van der Waals surface area contributed by atoms with Gasteiger partial charge in [-0.25, -0.2) is 0 Å². The minimum absolute atomic E-state index is 0.0844. The van der Waals surface area contributed by atoms with Gasteiger partial charge >= 0.3 is 6.18 Å². The maximum atomic E-state index is 12.2. The molecule has 7 heteroatoms.